The van der Waals surface area contributed by atoms with Crippen LogP contribution in [0.15, 0.2) is 24.3 Å². The fraction of sp³-hybridized carbons (Fsp3) is 0.875. The lowest BCUT2D eigenvalue weighted by Crippen LogP contribution is -2.68. The standard InChI is InChI=1S/C48H74ClNO34/c49-12-3-1-2-4-13(12)50-5-14-35-21(57)28(64)42(71-14)79-36-15(6-51)73-44(30(66)23(36)59)81-38-17(8-53)75-46(32(68)25(38)61)83-40-19(10-55)77-48(34(70)27(40)63)84-41-20(11-56)76-47(33(69)26(41)62)82-39-18(9-54)74-45(31(67)24(39)60)80-37-16(7-52)72-43(78-35)29(65)22(37)58/h1-4,14-48,50-70H,5-11H2/t14-,15-,16-,17-,18-,19-,20-,21-,22-,23-,24-,25-,26-,27-,28-,29-,30-,31-,32-,33-,34-,35-,36-,37-,38-,39-,40-,41-,42-,43-,44-,45-,46-,47-,48-/m1/s1. The van der Waals surface area contributed by atoms with E-state index >= 15 is 0 Å². The number of anilines is 1. The van der Waals surface area contributed by atoms with Crippen LogP contribution in [0.5, 0.6) is 0 Å². The minimum absolute atomic E-state index is 0.198. The molecular weight excluding hydrogens is 1170 g/mol. The highest BCUT2D eigenvalue weighted by Crippen LogP contribution is 2.39. The first-order valence-corrected chi connectivity index (χ1v) is 27.3. The van der Waals surface area contributed by atoms with E-state index in [0.29, 0.717) is 5.69 Å². The molecule has 1 aromatic rings. The summed E-state index contributed by atoms with van der Waals surface area (Å²) in [5.74, 6) is 0. The lowest BCUT2D eigenvalue weighted by atomic mass is 9.95. The topological polar surface area (TPSA) is 546 Å². The molecule has 35 nitrogen and oxygen atoms in total. The highest BCUT2D eigenvalue weighted by molar-refractivity contribution is 6.33. The van der Waals surface area contributed by atoms with Gasteiger partial charge in [0.15, 0.2) is 44.0 Å². The molecular formula is C48H74ClNO34. The zero-order valence-corrected chi connectivity index (χ0v) is 44.8. The molecule has 21 N–H and O–H groups in total. The van der Waals surface area contributed by atoms with E-state index in [2.05, 4.69) is 5.32 Å². The Morgan fingerprint density at radius 3 is 0.667 bits per heavy atom. The molecule has 0 spiro atoms. The molecule has 84 heavy (non-hydrogen) atoms. The lowest BCUT2D eigenvalue weighted by Gasteiger charge is -2.50. The average Bonchev–Trinajstić information content (AvgIpc) is 3.56. The number of hydrogen-bond donors (Lipinski definition) is 21. The van der Waals surface area contributed by atoms with Gasteiger partial charge in [-0.2, -0.15) is 0 Å². The van der Waals surface area contributed by atoms with Crippen molar-refractivity contribution in [3.63, 3.8) is 0 Å². The van der Waals surface area contributed by atoms with Gasteiger partial charge in [-0.15, -0.1) is 0 Å². The Labute approximate surface area is 480 Å². The second-order valence-corrected chi connectivity index (χ2v) is 21.7. The number of hydrogen-bond acceptors (Lipinski definition) is 35. The Morgan fingerprint density at radius 1 is 0.274 bits per heavy atom. The number of halogens is 1. The molecule has 36 heteroatoms. The van der Waals surface area contributed by atoms with Gasteiger partial charge in [0.2, 0.25) is 0 Å². The second kappa shape index (κ2) is 28.4. The van der Waals surface area contributed by atoms with Crippen LogP contribution in [0.3, 0.4) is 0 Å². The average molecular weight is 1240 g/mol. The molecule has 0 unspecified atom stereocenters. The normalized spacial score (nSPS) is 51.7. The third-order valence-corrected chi connectivity index (χ3v) is 16.3. The maximum Gasteiger partial charge on any atom is 0.187 e. The van der Waals surface area contributed by atoms with Crippen molar-refractivity contribution in [3.8, 4) is 0 Å². The van der Waals surface area contributed by atoms with E-state index in [-0.39, 0.29) is 5.02 Å². The fourth-order valence-electron chi connectivity index (χ4n) is 11.2. The Balaban J connectivity index is 1.02. The van der Waals surface area contributed by atoms with E-state index in [0.717, 1.165) is 0 Å². The molecule has 14 bridgehead atoms. The molecule has 35 atom stereocenters. The van der Waals surface area contributed by atoms with Gasteiger partial charge in [-0.25, -0.2) is 0 Å². The minimum atomic E-state index is -2.21. The highest BCUT2D eigenvalue weighted by atomic mass is 35.5. The number of nitrogens with one attached hydrogen (secondary N) is 1. The van der Waals surface area contributed by atoms with Gasteiger partial charge in [-0.05, 0) is 12.1 Å². The first-order valence-electron chi connectivity index (χ1n) is 26.9. The van der Waals surface area contributed by atoms with E-state index in [1.165, 1.54) is 6.07 Å². The number of benzene rings is 1. The Hall–Kier alpha value is -2.05. The van der Waals surface area contributed by atoms with Crippen molar-refractivity contribution in [1.29, 1.82) is 0 Å². The number of para-hydroxylation sites is 1. The van der Waals surface area contributed by atoms with Gasteiger partial charge in [0.25, 0.3) is 0 Å². The second-order valence-electron chi connectivity index (χ2n) is 21.3. The summed E-state index contributed by atoms with van der Waals surface area (Å²) < 4.78 is 81.2. The number of aliphatic hydroxyl groups excluding tert-OH is 20. The van der Waals surface area contributed by atoms with E-state index in [9.17, 15) is 102 Å². The molecule has 21 saturated heterocycles. The van der Waals surface area contributed by atoms with E-state index in [4.69, 9.17) is 77.9 Å². The molecule has 1 aromatic carbocycles. The van der Waals surface area contributed by atoms with Crippen LogP contribution in [0.2, 0.25) is 5.02 Å². The zero-order valence-electron chi connectivity index (χ0n) is 44.0. The van der Waals surface area contributed by atoms with Crippen LogP contribution >= 0.6 is 11.6 Å². The summed E-state index contributed by atoms with van der Waals surface area (Å²) >= 11 is 6.39. The van der Waals surface area contributed by atoms with Crippen molar-refractivity contribution in [2.75, 3.05) is 51.5 Å². The van der Waals surface area contributed by atoms with Crippen molar-refractivity contribution < 1.29 is 168 Å². The molecule has 21 heterocycles. The minimum Gasteiger partial charge on any atom is -0.394 e. The van der Waals surface area contributed by atoms with Crippen LogP contribution in [0, 0.1) is 0 Å². The molecule has 0 saturated carbocycles. The third kappa shape index (κ3) is 13.2. The first kappa shape index (κ1) is 66.4. The van der Waals surface area contributed by atoms with Gasteiger partial charge < -0.3 is 174 Å². The van der Waals surface area contributed by atoms with Gasteiger partial charge in [0.05, 0.1) is 50.4 Å². The zero-order chi connectivity index (χ0) is 60.7. The molecule has 21 aliphatic rings. The SMILES string of the molecule is OC[C@H]1O[C@@H]2O[C@H]3[C@H](O)[C@@H](O)[C@@H](O[C@H]4[C@H](O)[C@@H](O)[C@@H](O[C@H]5[C@H](O)[C@@H](O)[C@@H](O[C@H]6[C@H](O)[C@@H](O)[C@@H](O[C@H]7[C@H](O)[C@@H](O)[C@@H](O[C@H]8[C@H](O)[C@@H](O)[C@@H](O[C@H]1[C@H](O)[C@H]2O)O[C@@H]8CO)O[C@@H]7CO)O[C@@H]6CO)O[C@@H]5CNc1ccccc1Cl)O[C@@H]4CO)O[C@@H]3CO. The largest absolute Gasteiger partial charge is 0.394 e. The molecule has 0 aromatic heterocycles. The van der Waals surface area contributed by atoms with Crippen molar-refractivity contribution in [1.82, 2.24) is 0 Å². The van der Waals surface area contributed by atoms with Crippen LogP contribution in [-0.4, -0.2) is 363 Å². The summed E-state index contributed by atoms with van der Waals surface area (Å²) in [4.78, 5) is 0. The summed E-state index contributed by atoms with van der Waals surface area (Å²) in [5, 5.41) is 226. The highest BCUT2D eigenvalue weighted by Gasteiger charge is 2.59. The van der Waals surface area contributed by atoms with Crippen molar-refractivity contribution >= 4 is 17.3 Å². The maximum atomic E-state index is 11.8. The van der Waals surface area contributed by atoms with Gasteiger partial charge in [0.1, 0.15) is 171 Å². The Bertz CT molecular complexity index is 2210. The summed E-state index contributed by atoms with van der Waals surface area (Å²) in [7, 11) is 0. The summed E-state index contributed by atoms with van der Waals surface area (Å²) in [6.45, 7) is -6.66. The van der Waals surface area contributed by atoms with Gasteiger partial charge in [0, 0.05) is 6.54 Å². The molecule has 22 rings (SSSR count). The smallest absolute Gasteiger partial charge is 0.187 e. The number of ether oxygens (including phenoxy) is 14. The summed E-state index contributed by atoms with van der Waals surface area (Å²) in [6, 6.07) is 6.31. The van der Waals surface area contributed by atoms with Gasteiger partial charge in [-0.3, -0.25) is 0 Å². The van der Waals surface area contributed by atoms with Crippen molar-refractivity contribution in [2.45, 2.75) is 215 Å². The molecule has 21 aliphatic heterocycles. The van der Waals surface area contributed by atoms with Gasteiger partial charge >= 0.3 is 0 Å². The Morgan fingerprint density at radius 2 is 0.464 bits per heavy atom. The summed E-state index contributed by atoms with van der Waals surface area (Å²) in [6.07, 6.45) is -69.9. The van der Waals surface area contributed by atoms with Crippen LogP contribution in [0.25, 0.3) is 0 Å². The third-order valence-electron chi connectivity index (χ3n) is 16.0. The fourth-order valence-corrected chi connectivity index (χ4v) is 11.5. The van der Waals surface area contributed by atoms with Crippen LogP contribution in [-0.2, 0) is 66.3 Å². The quantitative estimate of drug-likeness (QED) is 0.109. The Kier molecular flexibility index (Phi) is 22.4. The van der Waals surface area contributed by atoms with E-state index in [1.54, 1.807) is 18.2 Å². The van der Waals surface area contributed by atoms with Gasteiger partial charge in [-0.1, -0.05) is 23.7 Å². The molecule has 21 fully saturated rings. The first-order chi connectivity index (χ1) is 40.1. The predicted octanol–water partition coefficient (Wildman–Crippen LogP) is -12.5. The van der Waals surface area contributed by atoms with E-state index < -0.39 is 261 Å². The van der Waals surface area contributed by atoms with Crippen LogP contribution < -0.4 is 5.32 Å². The maximum absolute atomic E-state index is 11.8. The number of rotatable bonds is 9. The lowest BCUT2D eigenvalue weighted by molar-refractivity contribution is -0.396. The van der Waals surface area contributed by atoms with Crippen LogP contribution in [0.4, 0.5) is 5.69 Å². The van der Waals surface area contributed by atoms with Crippen LogP contribution in [0.1, 0.15) is 0 Å². The monoisotopic (exact) mass is 1240 g/mol. The molecule has 0 amide bonds. The molecule has 0 aliphatic carbocycles. The molecule has 0 radical (unpaired) electrons. The van der Waals surface area contributed by atoms with E-state index in [1.807, 2.05) is 0 Å². The predicted molar refractivity (Wildman–Crippen MR) is 261 cm³/mol. The summed E-state index contributed by atoms with van der Waals surface area (Å²) in [5.41, 5.74) is 0.300. The molecule has 482 valence electrons. The van der Waals surface area contributed by atoms with Crippen molar-refractivity contribution in [3.05, 3.63) is 29.3 Å². The number of aliphatic hydroxyl groups is 20. The van der Waals surface area contributed by atoms with Crippen molar-refractivity contribution in [2.24, 2.45) is 0 Å².